The van der Waals surface area contributed by atoms with Gasteiger partial charge in [-0.25, -0.2) is 0 Å². The standard InChI is InChI=1S/C23H23N3O2S/c24-15-18-17-9-4-5-11-20(17)29-23(18)26-21(27)12-13-25-22(19-10-6-14-28-19)16-7-2-1-3-8-16/h1-3,6-8,10,14,22,25H,4-5,9,11-13H2,(H,26,27)/p+1/t22-/m1/s1. The molecule has 1 aliphatic carbocycles. The van der Waals surface area contributed by atoms with E-state index in [2.05, 4.69) is 28.8 Å². The fourth-order valence-corrected chi connectivity index (χ4v) is 5.14. The molecule has 148 valence electrons. The predicted molar refractivity (Wildman–Crippen MR) is 113 cm³/mol. The first-order valence-corrected chi connectivity index (χ1v) is 10.8. The Morgan fingerprint density at radius 1 is 1.21 bits per heavy atom. The van der Waals surface area contributed by atoms with Crippen molar-refractivity contribution in [3.05, 3.63) is 76.1 Å². The Kier molecular flexibility index (Phi) is 6.09. The third-order valence-electron chi connectivity index (χ3n) is 5.32. The number of quaternary nitrogens is 1. The van der Waals surface area contributed by atoms with E-state index in [0.717, 1.165) is 47.6 Å². The van der Waals surface area contributed by atoms with Gasteiger partial charge in [0.05, 0.1) is 24.8 Å². The highest BCUT2D eigenvalue weighted by Gasteiger charge is 2.23. The first-order chi connectivity index (χ1) is 14.3. The number of rotatable bonds is 7. The van der Waals surface area contributed by atoms with Crippen LogP contribution in [0.1, 0.15) is 52.6 Å². The third-order valence-corrected chi connectivity index (χ3v) is 6.53. The Hall–Kier alpha value is -2.88. The average Bonchev–Trinajstić information content (AvgIpc) is 3.39. The van der Waals surface area contributed by atoms with Gasteiger partial charge in [-0.2, -0.15) is 5.26 Å². The number of thiophene rings is 1. The molecule has 0 fully saturated rings. The lowest BCUT2D eigenvalue weighted by Crippen LogP contribution is -2.85. The Bertz CT molecular complexity index is 1000. The number of nitrogens with zero attached hydrogens (tertiary/aromatic N) is 1. The second-order valence-corrected chi connectivity index (χ2v) is 8.36. The van der Waals surface area contributed by atoms with Crippen LogP contribution in [0.2, 0.25) is 0 Å². The van der Waals surface area contributed by atoms with Crippen LogP contribution in [-0.2, 0) is 17.6 Å². The van der Waals surface area contributed by atoms with Gasteiger partial charge in [-0.15, -0.1) is 11.3 Å². The lowest BCUT2D eigenvalue weighted by Gasteiger charge is -2.13. The van der Waals surface area contributed by atoms with E-state index < -0.39 is 0 Å². The minimum Gasteiger partial charge on any atom is -0.463 e. The van der Waals surface area contributed by atoms with Crippen molar-refractivity contribution in [1.82, 2.24) is 0 Å². The van der Waals surface area contributed by atoms with Crippen molar-refractivity contribution in [3.63, 3.8) is 0 Å². The SMILES string of the molecule is N#Cc1c(NC(=O)CC[NH2+][C@H](c2ccccc2)c2ccco2)sc2c1CCCC2. The number of hydrogen-bond acceptors (Lipinski definition) is 4. The van der Waals surface area contributed by atoms with Gasteiger partial charge >= 0.3 is 0 Å². The highest BCUT2D eigenvalue weighted by Crippen LogP contribution is 2.37. The Morgan fingerprint density at radius 2 is 2.03 bits per heavy atom. The lowest BCUT2D eigenvalue weighted by atomic mass is 9.96. The number of fused-ring (bicyclic) bond motifs is 1. The molecule has 2 aromatic heterocycles. The maximum absolute atomic E-state index is 12.5. The van der Waals surface area contributed by atoms with Gasteiger partial charge in [-0.05, 0) is 43.4 Å². The molecular weight excluding hydrogens is 382 g/mol. The predicted octanol–water partition coefficient (Wildman–Crippen LogP) is 3.77. The van der Waals surface area contributed by atoms with Crippen LogP contribution in [0.15, 0.2) is 53.1 Å². The van der Waals surface area contributed by atoms with Gasteiger partial charge in [0.15, 0.2) is 11.8 Å². The quantitative estimate of drug-likeness (QED) is 0.626. The van der Waals surface area contributed by atoms with Gasteiger partial charge in [0.1, 0.15) is 11.1 Å². The van der Waals surface area contributed by atoms with Crippen molar-refractivity contribution in [1.29, 1.82) is 5.26 Å². The van der Waals surface area contributed by atoms with Crippen LogP contribution in [-0.4, -0.2) is 12.5 Å². The molecule has 29 heavy (non-hydrogen) atoms. The summed E-state index contributed by atoms with van der Waals surface area (Å²) in [6, 6.07) is 16.3. The maximum Gasteiger partial charge on any atom is 0.230 e. The van der Waals surface area contributed by atoms with Gasteiger partial charge in [0.25, 0.3) is 0 Å². The zero-order chi connectivity index (χ0) is 20.1. The second kappa shape index (κ2) is 9.08. The molecule has 0 bridgehead atoms. The first kappa shape index (κ1) is 19.4. The van der Waals surface area contributed by atoms with E-state index in [-0.39, 0.29) is 11.9 Å². The highest BCUT2D eigenvalue weighted by atomic mass is 32.1. The van der Waals surface area contributed by atoms with Crippen molar-refractivity contribution in [2.24, 2.45) is 0 Å². The van der Waals surface area contributed by atoms with Crippen molar-refractivity contribution < 1.29 is 14.5 Å². The Morgan fingerprint density at radius 3 is 2.79 bits per heavy atom. The summed E-state index contributed by atoms with van der Waals surface area (Å²) in [5, 5.41) is 15.4. The van der Waals surface area contributed by atoms with Crippen molar-refractivity contribution in [3.8, 4) is 6.07 Å². The lowest BCUT2D eigenvalue weighted by molar-refractivity contribution is -0.687. The molecule has 0 saturated heterocycles. The number of nitrogens with one attached hydrogen (secondary N) is 1. The zero-order valence-corrected chi connectivity index (χ0v) is 17.0. The molecule has 0 spiro atoms. The summed E-state index contributed by atoms with van der Waals surface area (Å²) in [5.41, 5.74) is 2.95. The van der Waals surface area contributed by atoms with Crippen LogP contribution < -0.4 is 10.6 Å². The normalized spacial score (nSPS) is 14.0. The fraction of sp³-hybridized carbons (Fsp3) is 0.304. The number of benzene rings is 1. The smallest absolute Gasteiger partial charge is 0.230 e. The van der Waals surface area contributed by atoms with E-state index in [4.69, 9.17) is 4.42 Å². The monoisotopic (exact) mass is 406 g/mol. The van der Waals surface area contributed by atoms with Crippen LogP contribution in [0.5, 0.6) is 0 Å². The van der Waals surface area contributed by atoms with Crippen LogP contribution in [0.4, 0.5) is 5.00 Å². The summed E-state index contributed by atoms with van der Waals surface area (Å²) < 4.78 is 5.61. The summed E-state index contributed by atoms with van der Waals surface area (Å²) in [4.78, 5) is 13.8. The molecule has 4 rings (SSSR count). The van der Waals surface area contributed by atoms with E-state index in [0.29, 0.717) is 18.5 Å². The van der Waals surface area contributed by atoms with Crippen LogP contribution in [0.25, 0.3) is 0 Å². The molecule has 6 heteroatoms. The molecule has 0 unspecified atom stereocenters. The molecule has 2 heterocycles. The second-order valence-electron chi connectivity index (χ2n) is 7.25. The number of nitrogens with two attached hydrogens (primary N) is 1. The van der Waals surface area contributed by atoms with Crippen LogP contribution in [0.3, 0.4) is 0 Å². The number of aryl methyl sites for hydroxylation is 1. The van der Waals surface area contributed by atoms with E-state index in [9.17, 15) is 10.1 Å². The van der Waals surface area contributed by atoms with Crippen molar-refractivity contribution in [2.45, 2.75) is 38.1 Å². The van der Waals surface area contributed by atoms with Crippen LogP contribution >= 0.6 is 11.3 Å². The maximum atomic E-state index is 12.5. The van der Waals surface area contributed by atoms with Gasteiger partial charge in [-0.3, -0.25) is 4.79 Å². The van der Waals surface area contributed by atoms with Gasteiger partial charge < -0.3 is 15.1 Å². The van der Waals surface area contributed by atoms with Gasteiger partial charge in [0.2, 0.25) is 5.91 Å². The number of furan rings is 1. The van der Waals surface area contributed by atoms with Crippen molar-refractivity contribution in [2.75, 3.05) is 11.9 Å². The molecule has 1 atom stereocenters. The third kappa shape index (κ3) is 4.42. The molecule has 0 aliphatic heterocycles. The summed E-state index contributed by atoms with van der Waals surface area (Å²) >= 11 is 1.57. The number of amides is 1. The Labute approximate surface area is 174 Å². The molecule has 1 amide bonds. The molecular formula is C23H24N3O2S+. The summed E-state index contributed by atoms with van der Waals surface area (Å²) in [6.45, 7) is 0.624. The molecule has 1 aromatic carbocycles. The molecule has 1 aliphatic rings. The minimum absolute atomic E-state index is 0.0164. The fourth-order valence-electron chi connectivity index (χ4n) is 3.89. The molecule has 5 nitrogen and oxygen atoms in total. The van der Waals surface area contributed by atoms with E-state index in [1.54, 1.807) is 17.6 Å². The molecule has 3 N–H and O–H groups in total. The van der Waals surface area contributed by atoms with E-state index >= 15 is 0 Å². The molecule has 3 aromatic rings. The minimum atomic E-state index is -0.0531. The topological polar surface area (TPSA) is 82.6 Å². The number of carbonyl (C=O) groups excluding carboxylic acids is 1. The average molecular weight is 407 g/mol. The van der Waals surface area contributed by atoms with Crippen LogP contribution in [0, 0.1) is 11.3 Å². The first-order valence-electron chi connectivity index (χ1n) is 10.0. The highest BCUT2D eigenvalue weighted by molar-refractivity contribution is 7.16. The summed E-state index contributed by atoms with van der Waals surface area (Å²) in [6.07, 6.45) is 6.29. The van der Waals surface area contributed by atoms with E-state index in [1.165, 1.54) is 4.88 Å². The summed E-state index contributed by atoms with van der Waals surface area (Å²) in [5.74, 6) is 0.817. The largest absolute Gasteiger partial charge is 0.463 e. The zero-order valence-electron chi connectivity index (χ0n) is 16.2. The molecule has 0 saturated carbocycles. The van der Waals surface area contributed by atoms with Crippen molar-refractivity contribution >= 4 is 22.2 Å². The number of hydrogen-bond donors (Lipinski definition) is 2. The van der Waals surface area contributed by atoms with Gasteiger partial charge in [0, 0.05) is 10.4 Å². The summed E-state index contributed by atoms with van der Waals surface area (Å²) in [7, 11) is 0. The number of anilines is 1. The number of nitriles is 1. The molecule has 0 radical (unpaired) electrons. The van der Waals surface area contributed by atoms with Gasteiger partial charge in [-0.1, -0.05) is 30.3 Å². The number of carbonyl (C=O) groups is 1. The van der Waals surface area contributed by atoms with E-state index in [1.807, 2.05) is 30.3 Å². The Balaban J connectivity index is 1.38.